The Morgan fingerprint density at radius 2 is 1.61 bits per heavy atom. The highest BCUT2D eigenvalue weighted by atomic mass is 35.5. The van der Waals surface area contributed by atoms with E-state index in [-0.39, 0.29) is 43.8 Å². The number of anilines is 1. The molecule has 4 rings (SSSR count). The van der Waals surface area contributed by atoms with Gasteiger partial charge in [-0.2, -0.15) is 0 Å². The number of carbonyl (C=O) groups excluding carboxylic acids is 2. The van der Waals surface area contributed by atoms with E-state index in [1.807, 2.05) is 56.3 Å². The number of benzene rings is 3. The largest absolute Gasteiger partial charge is 0.352 e. The second-order valence-corrected chi connectivity index (χ2v) is 14.4. The van der Waals surface area contributed by atoms with E-state index in [0.29, 0.717) is 22.2 Å². The Morgan fingerprint density at radius 1 is 0.909 bits per heavy atom. The number of nitrogens with one attached hydrogen (secondary N) is 1. The lowest BCUT2D eigenvalue weighted by Crippen LogP contribution is -2.52. The maximum absolute atomic E-state index is 14.1. The third-order valence-electron chi connectivity index (χ3n) is 8.24. The fourth-order valence-corrected chi connectivity index (χ4v) is 6.92. The van der Waals surface area contributed by atoms with Gasteiger partial charge in [0.25, 0.3) is 0 Å². The zero-order valence-electron chi connectivity index (χ0n) is 25.6. The Hall–Kier alpha value is -3.07. The molecule has 0 saturated heterocycles. The minimum atomic E-state index is -3.59. The first kappa shape index (κ1) is 33.8. The molecule has 3 aromatic rings. The molecule has 236 valence electrons. The zero-order valence-corrected chi connectivity index (χ0v) is 27.9. The molecule has 0 heterocycles. The van der Waals surface area contributed by atoms with Gasteiger partial charge < -0.3 is 10.2 Å². The maximum atomic E-state index is 14.1. The summed E-state index contributed by atoms with van der Waals surface area (Å²) in [7, 11) is -3.59. The lowest BCUT2D eigenvalue weighted by Gasteiger charge is -2.33. The third kappa shape index (κ3) is 9.22. The summed E-state index contributed by atoms with van der Waals surface area (Å²) < 4.78 is 26.9. The molecule has 1 aliphatic rings. The number of rotatable bonds is 13. The van der Waals surface area contributed by atoms with Gasteiger partial charge in [-0.05, 0) is 79.6 Å². The molecule has 10 heteroatoms. The summed E-state index contributed by atoms with van der Waals surface area (Å²) in [5.41, 5.74) is 4.29. The summed E-state index contributed by atoms with van der Waals surface area (Å²) in [6.45, 7) is 4.19. The first-order valence-corrected chi connectivity index (χ1v) is 17.7. The Balaban J connectivity index is 1.61. The molecule has 1 saturated carbocycles. The Bertz CT molecular complexity index is 1560. The van der Waals surface area contributed by atoms with E-state index in [9.17, 15) is 18.0 Å². The van der Waals surface area contributed by atoms with Crippen LogP contribution < -0.4 is 9.62 Å². The minimum Gasteiger partial charge on any atom is -0.352 e. The van der Waals surface area contributed by atoms with E-state index < -0.39 is 16.1 Å². The normalized spacial score (nSPS) is 14.3. The van der Waals surface area contributed by atoms with Gasteiger partial charge in [-0.25, -0.2) is 8.42 Å². The Labute approximate surface area is 271 Å². The molecule has 0 aromatic heterocycles. The van der Waals surface area contributed by atoms with E-state index in [1.165, 1.54) is 10.6 Å². The van der Waals surface area contributed by atoms with Crippen molar-refractivity contribution in [3.63, 3.8) is 0 Å². The molecular formula is C34H41Cl2N3O4S. The number of hydrogen-bond donors (Lipinski definition) is 1. The van der Waals surface area contributed by atoms with Crippen LogP contribution in [0.3, 0.4) is 0 Å². The summed E-state index contributed by atoms with van der Waals surface area (Å²) >= 11 is 12.5. The van der Waals surface area contributed by atoms with Gasteiger partial charge in [0.05, 0.1) is 22.0 Å². The van der Waals surface area contributed by atoms with E-state index in [1.54, 1.807) is 29.2 Å². The van der Waals surface area contributed by atoms with Crippen molar-refractivity contribution in [3.8, 4) is 0 Å². The van der Waals surface area contributed by atoms with Crippen molar-refractivity contribution in [2.75, 3.05) is 17.1 Å². The number of hydrogen-bond acceptors (Lipinski definition) is 4. The van der Waals surface area contributed by atoms with E-state index >= 15 is 0 Å². The smallest absolute Gasteiger partial charge is 0.243 e. The van der Waals surface area contributed by atoms with Crippen molar-refractivity contribution >= 4 is 50.7 Å². The molecule has 1 atom stereocenters. The SMILES string of the molecule is Cc1ccc(N(CCCC(=O)N(Cc2ccc(Cl)c(Cl)c2)C(Cc2ccccc2)C(=O)NC2CCCC2)S(C)(=O)=O)cc1C. The van der Waals surface area contributed by atoms with Crippen LogP contribution >= 0.6 is 23.2 Å². The van der Waals surface area contributed by atoms with Gasteiger partial charge in [0.2, 0.25) is 21.8 Å². The van der Waals surface area contributed by atoms with Crippen molar-refractivity contribution in [2.45, 2.75) is 77.4 Å². The van der Waals surface area contributed by atoms with Crippen molar-refractivity contribution in [2.24, 2.45) is 0 Å². The quantitative estimate of drug-likeness (QED) is 0.218. The van der Waals surface area contributed by atoms with Crippen molar-refractivity contribution in [1.29, 1.82) is 0 Å². The Morgan fingerprint density at radius 3 is 2.25 bits per heavy atom. The second kappa shape index (κ2) is 15.3. The standard InChI is InChI=1S/C34H41Cl2N3O4S/c1-24-15-17-29(20-25(24)2)39(44(3,42)43)19-9-14-33(40)38(23-27-16-18-30(35)31(36)21-27)32(22-26-10-5-4-6-11-26)34(41)37-28-12-7-8-13-28/h4-6,10-11,15-18,20-21,28,32H,7-9,12-14,19,22-23H2,1-3H3,(H,37,41). The summed E-state index contributed by atoms with van der Waals surface area (Å²) in [5, 5.41) is 3.97. The van der Waals surface area contributed by atoms with Crippen LogP contribution in [0.5, 0.6) is 0 Å². The molecule has 1 N–H and O–H groups in total. The summed E-state index contributed by atoms with van der Waals surface area (Å²) in [5.74, 6) is -0.436. The van der Waals surface area contributed by atoms with Crippen molar-refractivity contribution in [1.82, 2.24) is 10.2 Å². The zero-order chi connectivity index (χ0) is 31.9. The predicted molar refractivity (Wildman–Crippen MR) is 179 cm³/mol. The van der Waals surface area contributed by atoms with Gasteiger partial charge in [0.15, 0.2) is 0 Å². The van der Waals surface area contributed by atoms with Crippen molar-refractivity contribution in [3.05, 3.63) is 99.0 Å². The molecule has 1 aliphatic carbocycles. The maximum Gasteiger partial charge on any atom is 0.243 e. The fraction of sp³-hybridized carbons (Fsp3) is 0.412. The highest BCUT2D eigenvalue weighted by molar-refractivity contribution is 7.92. The molecular weight excluding hydrogens is 617 g/mol. The predicted octanol–water partition coefficient (Wildman–Crippen LogP) is 6.86. The molecule has 3 aromatic carbocycles. The highest BCUT2D eigenvalue weighted by Gasteiger charge is 2.32. The third-order valence-corrected chi connectivity index (χ3v) is 10.2. The molecule has 0 bridgehead atoms. The fourth-order valence-electron chi connectivity index (χ4n) is 5.64. The van der Waals surface area contributed by atoms with Crippen LogP contribution in [-0.2, 0) is 32.6 Å². The van der Waals surface area contributed by atoms with Gasteiger partial charge in [0.1, 0.15) is 6.04 Å². The van der Waals surface area contributed by atoms with Crippen LogP contribution in [-0.4, -0.2) is 50.0 Å². The van der Waals surface area contributed by atoms with Crippen LogP contribution in [0.15, 0.2) is 66.7 Å². The first-order chi connectivity index (χ1) is 20.9. The molecule has 0 spiro atoms. The van der Waals surface area contributed by atoms with Crippen LogP contribution in [0.2, 0.25) is 10.0 Å². The van der Waals surface area contributed by atoms with Crippen molar-refractivity contribution < 1.29 is 18.0 Å². The average Bonchev–Trinajstić information content (AvgIpc) is 3.49. The Kier molecular flexibility index (Phi) is 11.7. The molecule has 7 nitrogen and oxygen atoms in total. The highest BCUT2D eigenvalue weighted by Crippen LogP contribution is 2.26. The molecule has 44 heavy (non-hydrogen) atoms. The number of nitrogens with zero attached hydrogens (tertiary/aromatic N) is 2. The van der Waals surface area contributed by atoms with E-state index in [2.05, 4.69) is 5.32 Å². The molecule has 2 amide bonds. The van der Waals surface area contributed by atoms with Gasteiger partial charge in [-0.15, -0.1) is 0 Å². The summed E-state index contributed by atoms with van der Waals surface area (Å²) in [4.78, 5) is 29.5. The first-order valence-electron chi connectivity index (χ1n) is 15.0. The average molecular weight is 659 g/mol. The van der Waals surface area contributed by atoms with E-state index in [0.717, 1.165) is 47.9 Å². The second-order valence-electron chi connectivity index (χ2n) is 11.7. The van der Waals surface area contributed by atoms with Gasteiger partial charge >= 0.3 is 0 Å². The van der Waals surface area contributed by atoms with Gasteiger partial charge in [-0.3, -0.25) is 13.9 Å². The van der Waals surface area contributed by atoms with Gasteiger partial charge in [-0.1, -0.05) is 78.5 Å². The minimum absolute atomic E-state index is 0.0557. The lowest BCUT2D eigenvalue weighted by molar-refractivity contribution is -0.141. The number of sulfonamides is 1. The van der Waals surface area contributed by atoms with Crippen LogP contribution in [0.1, 0.15) is 60.8 Å². The van der Waals surface area contributed by atoms with Gasteiger partial charge in [0, 0.05) is 32.0 Å². The number of aryl methyl sites for hydroxylation is 2. The van der Waals surface area contributed by atoms with Crippen LogP contribution in [0.4, 0.5) is 5.69 Å². The van der Waals surface area contributed by atoms with Crippen LogP contribution in [0, 0.1) is 13.8 Å². The molecule has 0 radical (unpaired) electrons. The molecule has 1 unspecified atom stereocenters. The monoisotopic (exact) mass is 657 g/mol. The lowest BCUT2D eigenvalue weighted by atomic mass is 10.0. The van der Waals surface area contributed by atoms with E-state index in [4.69, 9.17) is 23.2 Å². The summed E-state index contributed by atoms with van der Waals surface area (Å²) in [6.07, 6.45) is 5.82. The topological polar surface area (TPSA) is 86.8 Å². The molecule has 1 fully saturated rings. The van der Waals surface area contributed by atoms with Crippen LogP contribution in [0.25, 0.3) is 0 Å². The number of halogens is 2. The number of amides is 2. The summed E-state index contributed by atoms with van der Waals surface area (Å²) in [6, 6.07) is 19.7. The molecule has 0 aliphatic heterocycles. The number of carbonyl (C=O) groups is 2.